The lowest BCUT2D eigenvalue weighted by Crippen LogP contribution is -2.46. The molecule has 1 aromatic rings. The molecule has 0 saturated carbocycles. The standard InChI is InChI=1S/C13H20N2O2/c1-15-7-8-17-12(9-14)13(15)10-5-3-4-6-11(10)16-2/h3-6,12-13H,7-9,14H2,1-2H3. The van der Waals surface area contributed by atoms with E-state index in [1.54, 1.807) is 7.11 Å². The van der Waals surface area contributed by atoms with Gasteiger partial charge in [0.05, 0.1) is 25.9 Å². The van der Waals surface area contributed by atoms with Crippen molar-refractivity contribution in [3.8, 4) is 5.75 Å². The average molecular weight is 236 g/mol. The Morgan fingerprint density at radius 1 is 1.47 bits per heavy atom. The summed E-state index contributed by atoms with van der Waals surface area (Å²) in [6.45, 7) is 2.18. The third-order valence-corrected chi connectivity index (χ3v) is 3.29. The predicted octanol–water partition coefficient (Wildman–Crippen LogP) is 1.03. The molecule has 4 nitrogen and oxygen atoms in total. The summed E-state index contributed by atoms with van der Waals surface area (Å²) in [4.78, 5) is 2.28. The molecule has 2 atom stereocenters. The molecular weight excluding hydrogens is 216 g/mol. The molecule has 2 unspecified atom stereocenters. The van der Waals surface area contributed by atoms with Crippen LogP contribution >= 0.6 is 0 Å². The van der Waals surface area contributed by atoms with Crippen LogP contribution in [0.15, 0.2) is 24.3 Å². The first-order valence-electron chi connectivity index (χ1n) is 5.92. The second-order valence-corrected chi connectivity index (χ2v) is 4.31. The molecule has 17 heavy (non-hydrogen) atoms. The summed E-state index contributed by atoms with van der Waals surface area (Å²) in [5, 5.41) is 0. The Balaban J connectivity index is 2.34. The number of rotatable bonds is 3. The van der Waals surface area contributed by atoms with Crippen molar-refractivity contribution >= 4 is 0 Å². The molecule has 1 aliphatic rings. The molecule has 2 rings (SSSR count). The van der Waals surface area contributed by atoms with Crippen molar-refractivity contribution in [2.45, 2.75) is 12.1 Å². The zero-order valence-corrected chi connectivity index (χ0v) is 10.4. The molecule has 0 spiro atoms. The van der Waals surface area contributed by atoms with Gasteiger partial charge in [-0.15, -0.1) is 0 Å². The minimum Gasteiger partial charge on any atom is -0.496 e. The summed E-state index contributed by atoms with van der Waals surface area (Å²) < 4.78 is 11.2. The minimum absolute atomic E-state index is 0.0325. The second-order valence-electron chi connectivity index (χ2n) is 4.31. The summed E-state index contributed by atoms with van der Waals surface area (Å²) >= 11 is 0. The van der Waals surface area contributed by atoms with Gasteiger partial charge < -0.3 is 15.2 Å². The van der Waals surface area contributed by atoms with Crippen LogP contribution in [0.4, 0.5) is 0 Å². The molecule has 1 saturated heterocycles. The van der Waals surface area contributed by atoms with E-state index < -0.39 is 0 Å². The van der Waals surface area contributed by atoms with Gasteiger partial charge in [0.1, 0.15) is 5.75 Å². The van der Waals surface area contributed by atoms with E-state index in [0.29, 0.717) is 6.54 Å². The third-order valence-electron chi connectivity index (χ3n) is 3.29. The Morgan fingerprint density at radius 2 is 2.24 bits per heavy atom. The molecule has 1 aliphatic heterocycles. The highest BCUT2D eigenvalue weighted by Gasteiger charge is 2.32. The molecule has 0 amide bonds. The SMILES string of the molecule is COc1ccccc1C1C(CN)OCCN1C. The number of nitrogens with two attached hydrogens (primary N) is 1. The molecule has 1 fully saturated rings. The molecule has 4 heteroatoms. The smallest absolute Gasteiger partial charge is 0.123 e. The van der Waals surface area contributed by atoms with Gasteiger partial charge in [-0.2, -0.15) is 0 Å². The van der Waals surface area contributed by atoms with Crippen molar-refractivity contribution in [1.29, 1.82) is 0 Å². The van der Waals surface area contributed by atoms with Gasteiger partial charge in [0, 0.05) is 18.7 Å². The molecular formula is C13H20N2O2. The summed E-state index contributed by atoms with van der Waals surface area (Å²) in [5.41, 5.74) is 6.94. The first-order chi connectivity index (χ1) is 8.27. The zero-order chi connectivity index (χ0) is 12.3. The summed E-state index contributed by atoms with van der Waals surface area (Å²) in [7, 11) is 3.79. The van der Waals surface area contributed by atoms with Gasteiger partial charge in [-0.25, -0.2) is 0 Å². The van der Waals surface area contributed by atoms with Gasteiger partial charge in [0.15, 0.2) is 0 Å². The van der Waals surface area contributed by atoms with Crippen LogP contribution in [0.2, 0.25) is 0 Å². The molecule has 1 aromatic carbocycles. The van der Waals surface area contributed by atoms with Crippen molar-refractivity contribution in [2.24, 2.45) is 5.73 Å². The molecule has 2 N–H and O–H groups in total. The maximum absolute atomic E-state index is 5.79. The summed E-state index contributed by atoms with van der Waals surface area (Å²) in [6.07, 6.45) is 0.0325. The lowest BCUT2D eigenvalue weighted by molar-refractivity contribution is -0.0582. The maximum atomic E-state index is 5.79. The van der Waals surface area contributed by atoms with Gasteiger partial charge in [0.25, 0.3) is 0 Å². The summed E-state index contributed by atoms with van der Waals surface area (Å²) in [6, 6.07) is 8.23. The van der Waals surface area contributed by atoms with E-state index in [1.165, 1.54) is 0 Å². The first kappa shape index (κ1) is 12.4. The number of methoxy groups -OCH3 is 1. The fourth-order valence-electron chi connectivity index (χ4n) is 2.41. The van der Waals surface area contributed by atoms with Crippen LogP contribution in [-0.4, -0.2) is 44.9 Å². The van der Waals surface area contributed by atoms with Crippen LogP contribution < -0.4 is 10.5 Å². The molecule has 0 aromatic heterocycles. The topological polar surface area (TPSA) is 47.7 Å². The van der Waals surface area contributed by atoms with Crippen LogP contribution in [0.25, 0.3) is 0 Å². The van der Waals surface area contributed by atoms with Crippen molar-refractivity contribution in [2.75, 3.05) is 33.9 Å². The number of morpholine rings is 1. The first-order valence-corrected chi connectivity index (χ1v) is 5.92. The van der Waals surface area contributed by atoms with Crippen LogP contribution in [0, 0.1) is 0 Å². The van der Waals surface area contributed by atoms with Crippen molar-refractivity contribution in [1.82, 2.24) is 4.90 Å². The van der Waals surface area contributed by atoms with Crippen molar-refractivity contribution in [3.05, 3.63) is 29.8 Å². The monoisotopic (exact) mass is 236 g/mol. The maximum Gasteiger partial charge on any atom is 0.123 e. The van der Waals surface area contributed by atoms with Gasteiger partial charge in [0.2, 0.25) is 0 Å². The Kier molecular flexibility index (Phi) is 3.99. The van der Waals surface area contributed by atoms with E-state index in [0.717, 1.165) is 24.5 Å². The second kappa shape index (κ2) is 5.49. The number of benzene rings is 1. The normalized spacial score (nSPS) is 25.8. The fourth-order valence-corrected chi connectivity index (χ4v) is 2.41. The number of hydrogen-bond donors (Lipinski definition) is 1. The lowest BCUT2D eigenvalue weighted by Gasteiger charge is -2.39. The molecule has 0 aliphatic carbocycles. The molecule has 94 valence electrons. The van der Waals surface area contributed by atoms with E-state index in [1.807, 2.05) is 18.2 Å². The van der Waals surface area contributed by atoms with Crippen LogP contribution in [-0.2, 0) is 4.74 Å². The molecule has 0 radical (unpaired) electrons. The van der Waals surface area contributed by atoms with E-state index in [2.05, 4.69) is 18.0 Å². The Bertz CT molecular complexity index is 370. The van der Waals surface area contributed by atoms with Crippen LogP contribution in [0.1, 0.15) is 11.6 Å². The lowest BCUT2D eigenvalue weighted by atomic mass is 9.97. The average Bonchev–Trinajstić information content (AvgIpc) is 2.38. The highest BCUT2D eigenvalue weighted by molar-refractivity contribution is 5.36. The molecule has 0 bridgehead atoms. The Morgan fingerprint density at radius 3 is 2.94 bits per heavy atom. The quantitative estimate of drug-likeness (QED) is 0.851. The van der Waals surface area contributed by atoms with Crippen molar-refractivity contribution < 1.29 is 9.47 Å². The summed E-state index contributed by atoms with van der Waals surface area (Å²) in [5.74, 6) is 0.897. The zero-order valence-electron chi connectivity index (χ0n) is 10.4. The van der Waals surface area contributed by atoms with Crippen LogP contribution in [0.3, 0.4) is 0 Å². The number of ether oxygens (including phenoxy) is 2. The molecule has 1 heterocycles. The van der Waals surface area contributed by atoms with Crippen LogP contribution in [0.5, 0.6) is 5.75 Å². The van der Waals surface area contributed by atoms with Gasteiger partial charge >= 0.3 is 0 Å². The number of likely N-dealkylation sites (N-methyl/N-ethyl adjacent to an activating group) is 1. The Hall–Kier alpha value is -1.10. The number of nitrogens with zero attached hydrogens (tertiary/aromatic N) is 1. The van der Waals surface area contributed by atoms with E-state index >= 15 is 0 Å². The van der Waals surface area contributed by atoms with Crippen molar-refractivity contribution in [3.63, 3.8) is 0 Å². The highest BCUT2D eigenvalue weighted by Crippen LogP contribution is 2.33. The Labute approximate surface area is 102 Å². The predicted molar refractivity (Wildman–Crippen MR) is 67.2 cm³/mol. The van der Waals surface area contributed by atoms with E-state index in [-0.39, 0.29) is 12.1 Å². The number of hydrogen-bond acceptors (Lipinski definition) is 4. The fraction of sp³-hybridized carbons (Fsp3) is 0.538. The highest BCUT2D eigenvalue weighted by atomic mass is 16.5. The largest absolute Gasteiger partial charge is 0.496 e. The third kappa shape index (κ3) is 2.44. The van der Waals surface area contributed by atoms with Gasteiger partial charge in [-0.1, -0.05) is 18.2 Å². The number of para-hydroxylation sites is 1. The van der Waals surface area contributed by atoms with E-state index in [9.17, 15) is 0 Å². The van der Waals surface area contributed by atoms with Gasteiger partial charge in [-0.3, -0.25) is 4.90 Å². The van der Waals surface area contributed by atoms with Gasteiger partial charge in [-0.05, 0) is 13.1 Å². The van der Waals surface area contributed by atoms with E-state index in [4.69, 9.17) is 15.2 Å². The minimum atomic E-state index is 0.0325.